The number of para-hydroxylation sites is 1. The van der Waals surface area contributed by atoms with Crippen LogP contribution in [0.25, 0.3) is 0 Å². The standard InChI is InChI=1S/C23H25FN2O5/c24-18-10-8-16(9-11-18)17-13-20(23(29)30)26(15-17)22(28)14-25-21(27)7-4-12-31-19-5-2-1-3-6-19/h1-3,5-6,8-11,17,20H,4,7,12-15H2,(H,25,27)(H,29,30)/t17-,20+/m1/s1. The molecule has 8 heteroatoms. The minimum Gasteiger partial charge on any atom is -0.494 e. The van der Waals surface area contributed by atoms with Crippen molar-refractivity contribution in [3.05, 3.63) is 66.0 Å². The van der Waals surface area contributed by atoms with E-state index < -0.39 is 17.9 Å². The molecule has 7 nitrogen and oxygen atoms in total. The van der Waals surface area contributed by atoms with E-state index in [1.807, 2.05) is 30.3 Å². The Bertz CT molecular complexity index is 904. The van der Waals surface area contributed by atoms with Crippen LogP contribution in [0.5, 0.6) is 5.75 Å². The highest BCUT2D eigenvalue weighted by Gasteiger charge is 2.40. The van der Waals surface area contributed by atoms with E-state index in [0.717, 1.165) is 11.3 Å². The van der Waals surface area contributed by atoms with Crippen LogP contribution in [0.4, 0.5) is 4.39 Å². The van der Waals surface area contributed by atoms with Gasteiger partial charge in [0, 0.05) is 18.9 Å². The van der Waals surface area contributed by atoms with Crippen LogP contribution in [0.15, 0.2) is 54.6 Å². The zero-order valence-electron chi connectivity index (χ0n) is 17.0. The fraction of sp³-hybridized carbons (Fsp3) is 0.348. The SMILES string of the molecule is O=C(CCCOc1ccccc1)NCC(=O)N1C[C@H](c2ccc(F)cc2)C[C@H]1C(=O)O. The Balaban J connectivity index is 1.45. The number of carbonyl (C=O) groups excluding carboxylic acids is 2. The molecule has 2 N–H and O–H groups in total. The van der Waals surface area contributed by atoms with Gasteiger partial charge in [-0.05, 0) is 42.7 Å². The second kappa shape index (κ2) is 10.6. The van der Waals surface area contributed by atoms with E-state index in [1.54, 1.807) is 12.1 Å². The number of nitrogens with one attached hydrogen (secondary N) is 1. The zero-order chi connectivity index (χ0) is 22.2. The molecule has 0 aliphatic carbocycles. The maximum Gasteiger partial charge on any atom is 0.326 e. The van der Waals surface area contributed by atoms with E-state index in [9.17, 15) is 23.9 Å². The molecule has 1 fully saturated rings. The number of rotatable bonds is 9. The summed E-state index contributed by atoms with van der Waals surface area (Å²) in [5.74, 6) is -1.69. The van der Waals surface area contributed by atoms with Crippen LogP contribution in [0.2, 0.25) is 0 Å². The van der Waals surface area contributed by atoms with Crippen molar-refractivity contribution in [2.75, 3.05) is 19.7 Å². The number of ether oxygens (including phenoxy) is 1. The van der Waals surface area contributed by atoms with Crippen molar-refractivity contribution in [2.24, 2.45) is 0 Å². The van der Waals surface area contributed by atoms with Crippen LogP contribution < -0.4 is 10.1 Å². The first-order valence-corrected chi connectivity index (χ1v) is 10.2. The van der Waals surface area contributed by atoms with Crippen molar-refractivity contribution >= 4 is 17.8 Å². The molecule has 1 heterocycles. The summed E-state index contributed by atoms with van der Waals surface area (Å²) >= 11 is 0. The Morgan fingerprint density at radius 3 is 2.48 bits per heavy atom. The van der Waals surface area contributed by atoms with Crippen molar-refractivity contribution in [2.45, 2.75) is 31.2 Å². The average Bonchev–Trinajstić information content (AvgIpc) is 3.22. The summed E-state index contributed by atoms with van der Waals surface area (Å²) < 4.78 is 18.7. The molecule has 31 heavy (non-hydrogen) atoms. The number of nitrogens with zero attached hydrogens (tertiary/aromatic N) is 1. The van der Waals surface area contributed by atoms with E-state index in [4.69, 9.17) is 4.74 Å². The molecule has 2 atom stereocenters. The maximum absolute atomic E-state index is 13.2. The first kappa shape index (κ1) is 22.3. The Kier molecular flexibility index (Phi) is 7.59. The minimum absolute atomic E-state index is 0.195. The number of carbonyl (C=O) groups is 3. The van der Waals surface area contributed by atoms with Gasteiger partial charge >= 0.3 is 5.97 Å². The summed E-state index contributed by atoms with van der Waals surface area (Å²) in [4.78, 5) is 37.5. The van der Waals surface area contributed by atoms with Gasteiger partial charge in [-0.3, -0.25) is 9.59 Å². The van der Waals surface area contributed by atoms with E-state index >= 15 is 0 Å². The van der Waals surface area contributed by atoms with Crippen LogP contribution in [-0.2, 0) is 14.4 Å². The third-order valence-corrected chi connectivity index (χ3v) is 5.24. The van der Waals surface area contributed by atoms with Crippen LogP contribution in [0.3, 0.4) is 0 Å². The van der Waals surface area contributed by atoms with E-state index in [0.29, 0.717) is 13.0 Å². The predicted octanol–water partition coefficient (Wildman–Crippen LogP) is 2.57. The third kappa shape index (κ3) is 6.28. The smallest absolute Gasteiger partial charge is 0.326 e. The molecule has 3 rings (SSSR count). The summed E-state index contributed by atoms with van der Waals surface area (Å²) in [6, 6.07) is 14.1. The number of carboxylic acid groups (broad SMARTS) is 1. The number of aliphatic carboxylic acids is 1. The molecule has 164 valence electrons. The number of amides is 2. The van der Waals surface area contributed by atoms with Crippen molar-refractivity contribution < 1.29 is 28.6 Å². The second-order valence-electron chi connectivity index (χ2n) is 7.43. The highest BCUT2D eigenvalue weighted by molar-refractivity contribution is 5.88. The second-order valence-corrected chi connectivity index (χ2v) is 7.43. The number of hydrogen-bond donors (Lipinski definition) is 2. The lowest BCUT2D eigenvalue weighted by Gasteiger charge is -2.21. The summed E-state index contributed by atoms with van der Waals surface area (Å²) in [7, 11) is 0. The highest BCUT2D eigenvalue weighted by atomic mass is 19.1. The molecule has 0 aromatic heterocycles. The van der Waals surface area contributed by atoms with E-state index in [1.165, 1.54) is 17.0 Å². The van der Waals surface area contributed by atoms with Gasteiger partial charge in [0.1, 0.15) is 17.6 Å². The van der Waals surface area contributed by atoms with Gasteiger partial charge in [0.05, 0.1) is 13.2 Å². The summed E-state index contributed by atoms with van der Waals surface area (Å²) in [5.41, 5.74) is 0.783. The number of benzene rings is 2. The minimum atomic E-state index is -1.10. The lowest BCUT2D eigenvalue weighted by Crippen LogP contribution is -2.45. The van der Waals surface area contributed by atoms with Gasteiger partial charge in [0.2, 0.25) is 11.8 Å². The van der Waals surface area contributed by atoms with E-state index in [2.05, 4.69) is 5.32 Å². The molecule has 2 amide bonds. The average molecular weight is 428 g/mol. The monoisotopic (exact) mass is 428 g/mol. The zero-order valence-corrected chi connectivity index (χ0v) is 17.0. The van der Waals surface area contributed by atoms with Gasteiger partial charge < -0.3 is 20.1 Å². The Morgan fingerprint density at radius 1 is 1.10 bits per heavy atom. The van der Waals surface area contributed by atoms with E-state index in [-0.39, 0.29) is 43.6 Å². The fourth-order valence-corrected chi connectivity index (χ4v) is 3.63. The molecule has 1 aliphatic heterocycles. The van der Waals surface area contributed by atoms with Crippen LogP contribution >= 0.6 is 0 Å². The van der Waals surface area contributed by atoms with Gasteiger partial charge in [-0.25, -0.2) is 9.18 Å². The number of hydrogen-bond acceptors (Lipinski definition) is 4. The Labute approximate surface area is 179 Å². The molecule has 0 unspecified atom stereocenters. The first-order valence-electron chi connectivity index (χ1n) is 10.2. The molecular formula is C23H25FN2O5. The van der Waals surface area contributed by atoms with Crippen LogP contribution in [-0.4, -0.2) is 53.5 Å². The van der Waals surface area contributed by atoms with Crippen molar-refractivity contribution in [3.8, 4) is 5.75 Å². The first-order chi connectivity index (χ1) is 14.9. The molecular weight excluding hydrogens is 403 g/mol. The molecule has 0 radical (unpaired) electrons. The molecule has 2 aromatic carbocycles. The van der Waals surface area contributed by atoms with Crippen LogP contribution in [0, 0.1) is 5.82 Å². The Hall–Kier alpha value is -3.42. The van der Waals surface area contributed by atoms with Crippen LogP contribution in [0.1, 0.15) is 30.7 Å². The predicted molar refractivity (Wildman–Crippen MR) is 111 cm³/mol. The maximum atomic E-state index is 13.2. The van der Waals surface area contributed by atoms with Gasteiger partial charge in [0.25, 0.3) is 0 Å². The largest absolute Gasteiger partial charge is 0.494 e. The molecule has 0 bridgehead atoms. The summed E-state index contributed by atoms with van der Waals surface area (Å²) in [5, 5.41) is 12.1. The van der Waals surface area contributed by atoms with Gasteiger partial charge in [-0.2, -0.15) is 0 Å². The highest BCUT2D eigenvalue weighted by Crippen LogP contribution is 2.32. The lowest BCUT2D eigenvalue weighted by molar-refractivity contribution is -0.148. The number of likely N-dealkylation sites (tertiary alicyclic amines) is 1. The van der Waals surface area contributed by atoms with Crippen molar-refractivity contribution in [3.63, 3.8) is 0 Å². The van der Waals surface area contributed by atoms with Gasteiger partial charge in [0.15, 0.2) is 0 Å². The summed E-state index contributed by atoms with van der Waals surface area (Å²) in [6.07, 6.45) is 0.932. The Morgan fingerprint density at radius 2 is 1.81 bits per heavy atom. The van der Waals surface area contributed by atoms with Gasteiger partial charge in [-0.1, -0.05) is 30.3 Å². The van der Waals surface area contributed by atoms with Crippen molar-refractivity contribution in [1.29, 1.82) is 0 Å². The van der Waals surface area contributed by atoms with Crippen molar-refractivity contribution in [1.82, 2.24) is 10.2 Å². The molecule has 1 aliphatic rings. The normalized spacial score (nSPS) is 17.9. The molecule has 1 saturated heterocycles. The van der Waals surface area contributed by atoms with Gasteiger partial charge in [-0.15, -0.1) is 0 Å². The summed E-state index contributed by atoms with van der Waals surface area (Å²) in [6.45, 7) is 0.318. The number of carboxylic acids is 1. The fourth-order valence-electron chi connectivity index (χ4n) is 3.63. The quantitative estimate of drug-likeness (QED) is 0.599. The number of halogens is 1. The third-order valence-electron chi connectivity index (χ3n) is 5.24. The molecule has 0 saturated carbocycles. The lowest BCUT2D eigenvalue weighted by atomic mass is 9.96. The molecule has 2 aromatic rings. The molecule has 0 spiro atoms. The topological polar surface area (TPSA) is 95.9 Å².